The second-order valence-electron chi connectivity index (χ2n) is 11.4. The summed E-state index contributed by atoms with van der Waals surface area (Å²) >= 11 is 0. The molecule has 1 aromatic heterocycles. The van der Waals surface area contributed by atoms with Crippen LogP contribution in [0.1, 0.15) is 41.3 Å². The molecule has 1 fully saturated rings. The molecule has 44 heavy (non-hydrogen) atoms. The highest BCUT2D eigenvalue weighted by Crippen LogP contribution is 2.37. The zero-order chi connectivity index (χ0) is 30.9. The zero-order valence-electron chi connectivity index (χ0n) is 24.8. The molecule has 2 heterocycles. The van der Waals surface area contributed by atoms with Crippen LogP contribution in [-0.2, 0) is 28.0 Å². The molecule has 0 saturated carbocycles. The Morgan fingerprint density at radius 3 is 2.09 bits per heavy atom. The van der Waals surface area contributed by atoms with Crippen molar-refractivity contribution in [3.05, 3.63) is 120 Å². The van der Waals surface area contributed by atoms with Gasteiger partial charge in [-0.2, -0.15) is 5.10 Å². The summed E-state index contributed by atoms with van der Waals surface area (Å²) in [5.41, 5.74) is 2.20. The molecule has 10 nitrogen and oxygen atoms in total. The fraction of sp³-hybridized carbons (Fsp3) is 0.324. The van der Waals surface area contributed by atoms with Gasteiger partial charge in [-0.1, -0.05) is 78.9 Å². The highest BCUT2D eigenvalue weighted by Gasteiger charge is 2.40. The number of piperidine rings is 1. The molecule has 3 amide bonds. The number of nitrogens with one attached hydrogen (secondary N) is 2. The number of benzene rings is 3. The van der Waals surface area contributed by atoms with Crippen LogP contribution >= 0.6 is 0 Å². The Bertz CT molecular complexity index is 1510. The third-order valence-corrected chi connectivity index (χ3v) is 8.33. The molecule has 3 unspecified atom stereocenters. The summed E-state index contributed by atoms with van der Waals surface area (Å²) < 4.78 is 1.84. The number of amides is 3. The first-order valence-corrected chi connectivity index (χ1v) is 14.9. The van der Waals surface area contributed by atoms with E-state index in [1.54, 1.807) is 41.6 Å². The van der Waals surface area contributed by atoms with Gasteiger partial charge < -0.3 is 20.6 Å². The second kappa shape index (κ2) is 14.1. The molecule has 10 heteroatoms. The summed E-state index contributed by atoms with van der Waals surface area (Å²) in [4.78, 5) is 46.3. The molecular formula is C34H38N6O4. The largest absolute Gasteiger partial charge is 0.391 e. The van der Waals surface area contributed by atoms with Gasteiger partial charge in [-0.25, -0.2) is 4.98 Å². The lowest BCUT2D eigenvalue weighted by atomic mass is 9.72. The van der Waals surface area contributed by atoms with Gasteiger partial charge in [0.2, 0.25) is 11.8 Å². The maximum Gasteiger partial charge on any atom is 0.252 e. The minimum atomic E-state index is -1.25. The molecule has 4 aromatic rings. The van der Waals surface area contributed by atoms with E-state index in [0.717, 1.165) is 5.56 Å². The van der Waals surface area contributed by atoms with Gasteiger partial charge in [0.25, 0.3) is 5.91 Å². The maximum atomic E-state index is 14.1. The van der Waals surface area contributed by atoms with Crippen LogP contribution < -0.4 is 10.6 Å². The van der Waals surface area contributed by atoms with E-state index in [2.05, 4.69) is 32.8 Å². The van der Waals surface area contributed by atoms with Gasteiger partial charge in [0.1, 0.15) is 24.7 Å². The molecule has 3 atom stereocenters. The number of nitrogens with zero attached hydrogens (tertiary/aromatic N) is 4. The second-order valence-corrected chi connectivity index (χ2v) is 11.4. The van der Waals surface area contributed by atoms with E-state index in [9.17, 15) is 19.5 Å². The van der Waals surface area contributed by atoms with Crippen molar-refractivity contribution >= 4 is 17.7 Å². The molecule has 1 saturated heterocycles. The maximum absolute atomic E-state index is 14.1. The van der Waals surface area contributed by atoms with E-state index < -0.39 is 30.0 Å². The number of hydrogen-bond donors (Lipinski definition) is 3. The van der Waals surface area contributed by atoms with Crippen molar-refractivity contribution in [1.29, 1.82) is 0 Å². The van der Waals surface area contributed by atoms with Crippen LogP contribution in [0.4, 0.5) is 0 Å². The zero-order valence-corrected chi connectivity index (χ0v) is 24.8. The van der Waals surface area contributed by atoms with Crippen molar-refractivity contribution in [2.24, 2.45) is 0 Å². The molecule has 1 aliphatic rings. The number of carbonyl (C=O) groups is 3. The molecule has 0 radical (unpaired) electrons. The Balaban J connectivity index is 1.33. The smallest absolute Gasteiger partial charge is 0.252 e. The van der Waals surface area contributed by atoms with Gasteiger partial charge in [0.15, 0.2) is 0 Å². The van der Waals surface area contributed by atoms with E-state index in [4.69, 9.17) is 0 Å². The van der Waals surface area contributed by atoms with Crippen LogP contribution in [0.5, 0.6) is 0 Å². The van der Waals surface area contributed by atoms with E-state index >= 15 is 0 Å². The Kier molecular flexibility index (Phi) is 9.81. The Labute approximate surface area is 257 Å². The lowest BCUT2D eigenvalue weighted by Crippen LogP contribution is -2.59. The van der Waals surface area contributed by atoms with Crippen molar-refractivity contribution in [3.8, 4) is 0 Å². The highest BCUT2D eigenvalue weighted by atomic mass is 16.3. The fourth-order valence-corrected chi connectivity index (χ4v) is 5.86. The van der Waals surface area contributed by atoms with Crippen LogP contribution in [0, 0.1) is 0 Å². The van der Waals surface area contributed by atoms with Crippen LogP contribution in [-0.4, -0.2) is 73.8 Å². The van der Waals surface area contributed by atoms with Crippen molar-refractivity contribution in [2.75, 3.05) is 13.1 Å². The normalized spacial score (nSPS) is 16.4. The fourth-order valence-electron chi connectivity index (χ4n) is 5.86. The molecule has 0 spiro atoms. The number of rotatable bonds is 11. The lowest BCUT2D eigenvalue weighted by Gasteiger charge is -2.43. The predicted octanol–water partition coefficient (Wildman–Crippen LogP) is 2.75. The van der Waals surface area contributed by atoms with Gasteiger partial charge >= 0.3 is 0 Å². The Morgan fingerprint density at radius 2 is 1.50 bits per heavy atom. The summed E-state index contributed by atoms with van der Waals surface area (Å²) in [6, 6.07) is 26.1. The summed E-state index contributed by atoms with van der Waals surface area (Å²) in [6.45, 7) is 3.06. The standard InChI is InChI=1S/C34H38N6O4/c1-25(41)30(38-31(42)27-13-7-3-8-14-27)32(43)37-29(21-26-11-5-2-6-12-26)33(44)39-19-17-34(18-20-39,22-40-24-35-23-36-40)28-15-9-4-10-16-28/h2-16,23-25,29-30,41H,17-22H2,1H3,(H,37,43)(H,38,42). The van der Waals surface area contributed by atoms with Gasteiger partial charge in [0, 0.05) is 30.5 Å². The quantitative estimate of drug-likeness (QED) is 0.245. The summed E-state index contributed by atoms with van der Waals surface area (Å²) in [6.07, 6.45) is 3.73. The Hall–Kier alpha value is -4.83. The average molecular weight is 595 g/mol. The molecule has 3 N–H and O–H groups in total. The first-order valence-electron chi connectivity index (χ1n) is 14.9. The SMILES string of the molecule is CC(O)C(NC(=O)c1ccccc1)C(=O)NC(Cc1ccccc1)C(=O)N1CCC(Cn2cncn2)(c2ccccc2)CC1. The third kappa shape index (κ3) is 7.38. The van der Waals surface area contributed by atoms with E-state index in [1.165, 1.54) is 18.8 Å². The van der Waals surface area contributed by atoms with E-state index in [-0.39, 0.29) is 17.7 Å². The lowest BCUT2D eigenvalue weighted by molar-refractivity contribution is -0.139. The number of aromatic nitrogens is 3. The van der Waals surface area contributed by atoms with Crippen molar-refractivity contribution in [1.82, 2.24) is 30.3 Å². The van der Waals surface area contributed by atoms with Gasteiger partial charge in [-0.15, -0.1) is 0 Å². The number of aliphatic hydroxyl groups is 1. The molecule has 3 aromatic carbocycles. The van der Waals surface area contributed by atoms with Crippen molar-refractivity contribution in [2.45, 2.75) is 56.3 Å². The van der Waals surface area contributed by atoms with Crippen LogP contribution in [0.25, 0.3) is 0 Å². The van der Waals surface area contributed by atoms with Gasteiger partial charge in [0.05, 0.1) is 12.6 Å². The molecular weight excluding hydrogens is 556 g/mol. The van der Waals surface area contributed by atoms with Crippen LogP contribution in [0.15, 0.2) is 104 Å². The number of carbonyl (C=O) groups excluding carboxylic acids is 3. The topological polar surface area (TPSA) is 129 Å². The van der Waals surface area contributed by atoms with Crippen LogP contribution in [0.3, 0.4) is 0 Å². The monoisotopic (exact) mass is 594 g/mol. The molecule has 0 bridgehead atoms. The molecule has 228 valence electrons. The first-order chi connectivity index (χ1) is 21.3. The van der Waals surface area contributed by atoms with Crippen molar-refractivity contribution < 1.29 is 19.5 Å². The molecule has 1 aliphatic heterocycles. The summed E-state index contributed by atoms with van der Waals surface area (Å²) in [5, 5.41) is 20.3. The first kappa shape index (κ1) is 30.6. The average Bonchev–Trinajstić information content (AvgIpc) is 3.57. The number of hydrogen-bond acceptors (Lipinski definition) is 6. The number of likely N-dealkylation sites (tertiary alicyclic amines) is 1. The Morgan fingerprint density at radius 1 is 0.886 bits per heavy atom. The van der Waals surface area contributed by atoms with E-state index in [0.29, 0.717) is 38.0 Å². The van der Waals surface area contributed by atoms with Crippen molar-refractivity contribution in [3.63, 3.8) is 0 Å². The summed E-state index contributed by atoms with van der Waals surface area (Å²) in [7, 11) is 0. The predicted molar refractivity (Wildman–Crippen MR) is 165 cm³/mol. The molecule has 0 aliphatic carbocycles. The third-order valence-electron chi connectivity index (χ3n) is 8.33. The highest BCUT2D eigenvalue weighted by molar-refractivity contribution is 5.98. The van der Waals surface area contributed by atoms with Gasteiger partial charge in [-0.05, 0) is 43.0 Å². The number of aliphatic hydroxyl groups excluding tert-OH is 1. The summed E-state index contributed by atoms with van der Waals surface area (Å²) in [5.74, 6) is -1.32. The molecule has 5 rings (SSSR count). The van der Waals surface area contributed by atoms with Gasteiger partial charge in [-0.3, -0.25) is 19.1 Å². The van der Waals surface area contributed by atoms with E-state index in [1.807, 2.05) is 53.2 Å². The minimum absolute atomic E-state index is 0.205. The minimum Gasteiger partial charge on any atom is -0.391 e. The van der Waals surface area contributed by atoms with Crippen LogP contribution in [0.2, 0.25) is 0 Å².